The molecule has 3 heterocycles. The van der Waals surface area contributed by atoms with Crippen LogP contribution in [0.5, 0.6) is 23.0 Å². The van der Waals surface area contributed by atoms with Gasteiger partial charge in [-0.15, -0.1) is 0 Å². The lowest BCUT2D eigenvalue weighted by Crippen LogP contribution is -2.47. The van der Waals surface area contributed by atoms with Crippen molar-refractivity contribution in [3.8, 4) is 45.5 Å². The average molecular weight is 598 g/mol. The van der Waals surface area contributed by atoms with E-state index in [9.17, 15) is 0 Å². The Morgan fingerprint density at radius 2 is 1.16 bits per heavy atom. The lowest BCUT2D eigenvalue weighted by Gasteiger charge is -2.36. The van der Waals surface area contributed by atoms with Gasteiger partial charge in [0.05, 0.1) is 45.3 Å². The van der Waals surface area contributed by atoms with Crippen molar-refractivity contribution in [2.75, 3.05) is 64.4 Å². The highest BCUT2D eigenvalue weighted by atomic mass is 35.5. The van der Waals surface area contributed by atoms with Crippen molar-refractivity contribution >= 4 is 34.1 Å². The zero-order chi connectivity index (χ0) is 29.9. The molecule has 0 saturated carbocycles. The number of hydrogen-bond acceptors (Lipinski definition) is 9. The summed E-state index contributed by atoms with van der Waals surface area (Å²) in [5.74, 6) is 3.23. The van der Waals surface area contributed by atoms with Crippen LogP contribution in [0.1, 0.15) is 0 Å². The number of nitrogens with zero attached hydrogens (tertiary/aromatic N) is 5. The molecule has 0 aliphatic carbocycles. The molecule has 0 spiro atoms. The number of anilines is 2. The summed E-state index contributed by atoms with van der Waals surface area (Å²) < 4.78 is 22.1. The monoisotopic (exact) mass is 597 g/mol. The van der Waals surface area contributed by atoms with Crippen LogP contribution in [0.3, 0.4) is 0 Å². The average Bonchev–Trinajstić information content (AvgIpc) is 3.07. The van der Waals surface area contributed by atoms with Crippen LogP contribution in [0.25, 0.3) is 33.4 Å². The molecule has 6 rings (SSSR count). The fourth-order valence-corrected chi connectivity index (χ4v) is 5.56. The molecule has 2 aromatic heterocycles. The maximum Gasteiger partial charge on any atom is 0.226 e. The third-order valence-electron chi connectivity index (χ3n) is 7.66. The molecule has 0 unspecified atom stereocenters. The largest absolute Gasteiger partial charge is 0.493 e. The van der Waals surface area contributed by atoms with Crippen molar-refractivity contribution in [3.05, 3.63) is 77.9 Å². The number of piperazine rings is 1. The van der Waals surface area contributed by atoms with Crippen LogP contribution < -0.4 is 28.7 Å². The quantitative estimate of drug-likeness (QED) is 0.202. The summed E-state index contributed by atoms with van der Waals surface area (Å²) in [6.45, 7) is 3.10. The van der Waals surface area contributed by atoms with Gasteiger partial charge in [0.15, 0.2) is 23.0 Å². The minimum Gasteiger partial charge on any atom is -0.493 e. The molecule has 0 atom stereocenters. The number of ether oxygens (including phenoxy) is 4. The van der Waals surface area contributed by atoms with Gasteiger partial charge >= 0.3 is 0 Å². The van der Waals surface area contributed by atoms with E-state index in [-0.39, 0.29) is 0 Å². The van der Waals surface area contributed by atoms with Gasteiger partial charge in [0.2, 0.25) is 5.95 Å². The molecule has 43 heavy (non-hydrogen) atoms. The molecule has 0 N–H and O–H groups in total. The van der Waals surface area contributed by atoms with Crippen molar-refractivity contribution in [2.24, 2.45) is 0 Å². The third kappa shape index (κ3) is 5.68. The first-order valence-electron chi connectivity index (χ1n) is 13.9. The normalized spacial score (nSPS) is 13.2. The summed E-state index contributed by atoms with van der Waals surface area (Å²) in [7, 11) is 6.50. The zero-order valence-electron chi connectivity index (χ0n) is 24.5. The standard InChI is InChI=1S/C33H32ClN5O4/c1-40-29-9-5-21(17-31(29)42-3)25-20-26(22-6-10-30(41-2)32(18-22)43-4)37-33(36-25)39-15-13-38(14-16-39)28-11-12-35-27-19-23(34)7-8-24(27)28/h5-12,17-20H,13-16H2,1-4H3. The third-order valence-corrected chi connectivity index (χ3v) is 7.89. The van der Waals surface area contributed by atoms with Crippen molar-refractivity contribution in [1.29, 1.82) is 0 Å². The number of halogens is 1. The number of pyridine rings is 1. The summed E-state index contributed by atoms with van der Waals surface area (Å²) in [6, 6.07) is 21.5. The van der Waals surface area contributed by atoms with Gasteiger partial charge in [-0.2, -0.15) is 0 Å². The van der Waals surface area contributed by atoms with Gasteiger partial charge in [-0.25, -0.2) is 9.97 Å². The topological polar surface area (TPSA) is 82.1 Å². The van der Waals surface area contributed by atoms with E-state index in [1.165, 1.54) is 0 Å². The Hall–Kier alpha value is -4.76. The highest BCUT2D eigenvalue weighted by Crippen LogP contribution is 2.36. The van der Waals surface area contributed by atoms with E-state index in [1.807, 2.05) is 66.9 Å². The predicted molar refractivity (Wildman–Crippen MR) is 170 cm³/mol. The molecule has 1 aliphatic rings. The van der Waals surface area contributed by atoms with E-state index in [0.717, 1.165) is 65.3 Å². The second-order valence-electron chi connectivity index (χ2n) is 10.0. The number of benzene rings is 3. The molecule has 1 aliphatic heterocycles. The smallest absolute Gasteiger partial charge is 0.226 e. The number of aromatic nitrogens is 3. The molecular formula is C33H32ClN5O4. The molecule has 1 fully saturated rings. The molecule has 0 radical (unpaired) electrons. The van der Waals surface area contributed by atoms with Gasteiger partial charge in [0.25, 0.3) is 0 Å². The van der Waals surface area contributed by atoms with Crippen LogP contribution >= 0.6 is 11.6 Å². The first kappa shape index (κ1) is 28.4. The number of fused-ring (bicyclic) bond motifs is 1. The van der Waals surface area contributed by atoms with Gasteiger partial charge in [-0.1, -0.05) is 11.6 Å². The zero-order valence-corrected chi connectivity index (χ0v) is 25.3. The molecular weight excluding hydrogens is 566 g/mol. The highest BCUT2D eigenvalue weighted by Gasteiger charge is 2.23. The van der Waals surface area contributed by atoms with E-state index in [2.05, 4.69) is 20.9 Å². The Morgan fingerprint density at radius 3 is 1.72 bits per heavy atom. The van der Waals surface area contributed by atoms with E-state index in [0.29, 0.717) is 34.0 Å². The molecule has 220 valence electrons. The second kappa shape index (κ2) is 12.2. The summed E-state index contributed by atoms with van der Waals surface area (Å²) >= 11 is 6.22. The van der Waals surface area contributed by atoms with Gasteiger partial charge in [-0.3, -0.25) is 4.98 Å². The molecule has 0 bridgehead atoms. The van der Waals surface area contributed by atoms with Crippen LogP contribution in [-0.2, 0) is 0 Å². The lowest BCUT2D eigenvalue weighted by atomic mass is 10.1. The van der Waals surface area contributed by atoms with E-state index in [1.54, 1.807) is 28.4 Å². The predicted octanol–water partition coefficient (Wildman–Crippen LogP) is 6.37. The SMILES string of the molecule is COc1ccc(-c2cc(-c3ccc(OC)c(OC)c3)nc(N3CCN(c4ccnc5cc(Cl)ccc45)CC3)n2)cc1OC. The molecule has 3 aromatic carbocycles. The van der Waals surface area contributed by atoms with E-state index >= 15 is 0 Å². The summed E-state index contributed by atoms with van der Waals surface area (Å²) in [5, 5.41) is 1.77. The van der Waals surface area contributed by atoms with Gasteiger partial charge in [0.1, 0.15) is 0 Å². The fraction of sp³-hybridized carbons (Fsp3) is 0.242. The molecule has 0 amide bonds. The van der Waals surface area contributed by atoms with Gasteiger partial charge < -0.3 is 28.7 Å². The number of rotatable bonds is 8. The number of methoxy groups -OCH3 is 4. The Labute approximate surface area is 255 Å². The van der Waals surface area contributed by atoms with Crippen LogP contribution in [0, 0.1) is 0 Å². The minimum atomic E-state index is 0.632. The van der Waals surface area contributed by atoms with Crippen molar-refractivity contribution in [2.45, 2.75) is 0 Å². The summed E-state index contributed by atoms with van der Waals surface area (Å²) in [5.41, 5.74) is 5.36. The van der Waals surface area contributed by atoms with Gasteiger partial charge in [0, 0.05) is 59.6 Å². The Balaban J connectivity index is 1.36. The van der Waals surface area contributed by atoms with E-state index < -0.39 is 0 Å². The molecule has 9 nitrogen and oxygen atoms in total. The lowest BCUT2D eigenvalue weighted by molar-refractivity contribution is 0.355. The van der Waals surface area contributed by atoms with Crippen molar-refractivity contribution in [3.63, 3.8) is 0 Å². The summed E-state index contributed by atoms with van der Waals surface area (Å²) in [6.07, 6.45) is 1.84. The van der Waals surface area contributed by atoms with E-state index in [4.69, 9.17) is 40.5 Å². The van der Waals surface area contributed by atoms with Crippen LogP contribution in [0.2, 0.25) is 5.02 Å². The second-order valence-corrected chi connectivity index (χ2v) is 10.5. The van der Waals surface area contributed by atoms with Crippen molar-refractivity contribution in [1.82, 2.24) is 15.0 Å². The van der Waals surface area contributed by atoms with Gasteiger partial charge in [-0.05, 0) is 66.7 Å². The Kier molecular flexibility index (Phi) is 8.07. The number of hydrogen-bond donors (Lipinski definition) is 0. The molecule has 5 aromatic rings. The summed E-state index contributed by atoms with van der Waals surface area (Å²) in [4.78, 5) is 19.2. The maximum absolute atomic E-state index is 6.22. The maximum atomic E-state index is 6.22. The highest BCUT2D eigenvalue weighted by molar-refractivity contribution is 6.31. The van der Waals surface area contributed by atoms with Crippen LogP contribution in [0.15, 0.2) is 72.9 Å². The Bertz CT molecular complexity index is 1700. The molecule has 1 saturated heterocycles. The van der Waals surface area contributed by atoms with Crippen LogP contribution in [0.4, 0.5) is 11.6 Å². The minimum absolute atomic E-state index is 0.632. The van der Waals surface area contributed by atoms with Crippen LogP contribution in [-0.4, -0.2) is 69.6 Å². The first-order valence-corrected chi connectivity index (χ1v) is 14.3. The Morgan fingerprint density at radius 1 is 0.605 bits per heavy atom. The first-order chi connectivity index (χ1) is 21.0. The van der Waals surface area contributed by atoms with Crippen molar-refractivity contribution < 1.29 is 18.9 Å². The molecule has 10 heteroatoms. The fourth-order valence-electron chi connectivity index (χ4n) is 5.39.